The van der Waals surface area contributed by atoms with E-state index in [1.165, 1.54) is 16.7 Å². The van der Waals surface area contributed by atoms with E-state index in [2.05, 4.69) is 58.6 Å². The fourth-order valence-corrected chi connectivity index (χ4v) is 3.89. The van der Waals surface area contributed by atoms with Crippen LogP contribution in [0.15, 0.2) is 79.0 Å². The van der Waals surface area contributed by atoms with Gasteiger partial charge in [0.1, 0.15) is 0 Å². The number of benzene rings is 3. The molecular formula is C25H23Cl2N3. The van der Waals surface area contributed by atoms with Crippen molar-refractivity contribution in [3.05, 3.63) is 106 Å². The van der Waals surface area contributed by atoms with Crippen LogP contribution in [0.1, 0.15) is 16.7 Å². The van der Waals surface area contributed by atoms with Gasteiger partial charge in [0.05, 0.1) is 5.52 Å². The number of pyridine rings is 1. The Balaban J connectivity index is 1.46. The van der Waals surface area contributed by atoms with Gasteiger partial charge in [-0.3, -0.25) is 9.88 Å². The molecular weight excluding hydrogens is 413 g/mol. The average Bonchev–Trinajstić information content (AvgIpc) is 2.74. The summed E-state index contributed by atoms with van der Waals surface area (Å²) in [4.78, 5) is 6.73. The normalized spacial score (nSPS) is 11.2. The first-order chi connectivity index (χ1) is 14.6. The van der Waals surface area contributed by atoms with Gasteiger partial charge in [-0.1, -0.05) is 59.6 Å². The lowest BCUT2D eigenvalue weighted by Crippen LogP contribution is -2.18. The Hall–Kier alpha value is -2.59. The van der Waals surface area contributed by atoms with Crippen LogP contribution < -0.4 is 5.32 Å². The number of rotatable bonds is 7. The highest BCUT2D eigenvalue weighted by Crippen LogP contribution is 2.25. The molecule has 0 atom stereocenters. The lowest BCUT2D eigenvalue weighted by atomic mass is 10.1. The topological polar surface area (TPSA) is 28.2 Å². The Morgan fingerprint density at radius 2 is 1.57 bits per heavy atom. The van der Waals surface area contributed by atoms with E-state index in [0.29, 0.717) is 5.02 Å². The van der Waals surface area contributed by atoms with Crippen LogP contribution in [-0.2, 0) is 19.6 Å². The molecule has 4 aromatic rings. The zero-order valence-corrected chi connectivity index (χ0v) is 18.3. The van der Waals surface area contributed by atoms with Gasteiger partial charge in [-0.05, 0) is 60.1 Å². The molecule has 0 aliphatic carbocycles. The maximum absolute atomic E-state index is 6.11. The third-order valence-corrected chi connectivity index (χ3v) is 5.59. The number of nitrogens with zero attached hydrogens (tertiary/aromatic N) is 2. The Morgan fingerprint density at radius 3 is 2.37 bits per heavy atom. The molecule has 0 amide bonds. The fraction of sp³-hybridized carbons (Fsp3) is 0.160. The van der Waals surface area contributed by atoms with Crippen LogP contribution in [-0.4, -0.2) is 16.9 Å². The van der Waals surface area contributed by atoms with E-state index in [9.17, 15) is 0 Å². The number of nitrogens with one attached hydrogen (secondary N) is 1. The zero-order chi connectivity index (χ0) is 20.9. The highest BCUT2D eigenvalue weighted by molar-refractivity contribution is 6.31. The zero-order valence-electron chi connectivity index (χ0n) is 16.8. The molecule has 5 heteroatoms. The third-order valence-electron chi connectivity index (χ3n) is 5.10. The first-order valence-electron chi connectivity index (χ1n) is 9.86. The van der Waals surface area contributed by atoms with Gasteiger partial charge in [-0.2, -0.15) is 0 Å². The first-order valence-corrected chi connectivity index (χ1v) is 10.6. The van der Waals surface area contributed by atoms with Crippen molar-refractivity contribution in [1.29, 1.82) is 0 Å². The van der Waals surface area contributed by atoms with Crippen LogP contribution in [0.2, 0.25) is 10.0 Å². The summed E-state index contributed by atoms with van der Waals surface area (Å²) in [5.41, 5.74) is 5.78. The highest BCUT2D eigenvalue weighted by Gasteiger charge is 2.08. The first kappa shape index (κ1) is 20.7. The highest BCUT2D eigenvalue weighted by atomic mass is 35.5. The molecule has 0 spiro atoms. The van der Waals surface area contributed by atoms with Crippen molar-refractivity contribution >= 4 is 39.8 Å². The standard InChI is InChI=1S/C25H23Cl2N3/c1-30(16-18-6-8-21(26)9-7-18)17-20-5-3-2-4-19(20)15-29-24-12-13-28-25-14-22(27)10-11-23(24)25/h2-14H,15-17H2,1H3,(H,28,29). The van der Waals surface area contributed by atoms with Crippen LogP contribution in [0.4, 0.5) is 5.69 Å². The maximum Gasteiger partial charge on any atom is 0.0737 e. The summed E-state index contributed by atoms with van der Waals surface area (Å²) in [6.45, 7) is 2.48. The molecule has 0 saturated heterocycles. The Labute approximate surface area is 187 Å². The Kier molecular flexibility index (Phi) is 6.53. The van der Waals surface area contributed by atoms with Crippen LogP contribution in [0.5, 0.6) is 0 Å². The van der Waals surface area contributed by atoms with Crippen molar-refractivity contribution in [2.75, 3.05) is 12.4 Å². The minimum atomic E-state index is 0.696. The van der Waals surface area contributed by atoms with Crippen molar-refractivity contribution in [3.63, 3.8) is 0 Å². The Morgan fingerprint density at radius 1 is 0.833 bits per heavy atom. The van der Waals surface area contributed by atoms with Crippen molar-refractivity contribution < 1.29 is 0 Å². The molecule has 1 N–H and O–H groups in total. The summed E-state index contributed by atoms with van der Waals surface area (Å²) in [6, 6.07) is 24.4. The molecule has 0 aliphatic rings. The molecule has 3 nitrogen and oxygen atoms in total. The lowest BCUT2D eigenvalue weighted by molar-refractivity contribution is 0.318. The minimum absolute atomic E-state index is 0.696. The number of halogens is 2. The fourth-order valence-electron chi connectivity index (χ4n) is 3.60. The second-order valence-corrected chi connectivity index (χ2v) is 8.31. The summed E-state index contributed by atoms with van der Waals surface area (Å²) in [6.07, 6.45) is 1.81. The van der Waals surface area contributed by atoms with Crippen LogP contribution in [0.25, 0.3) is 10.9 Å². The Bertz CT molecular complexity index is 1140. The van der Waals surface area contributed by atoms with Gasteiger partial charge in [-0.15, -0.1) is 0 Å². The number of aromatic nitrogens is 1. The quantitative estimate of drug-likeness (QED) is 0.346. The molecule has 3 aromatic carbocycles. The minimum Gasteiger partial charge on any atom is -0.380 e. The van der Waals surface area contributed by atoms with Gasteiger partial charge in [-0.25, -0.2) is 0 Å². The molecule has 0 aliphatic heterocycles. The van der Waals surface area contributed by atoms with Crippen LogP contribution >= 0.6 is 23.2 Å². The van der Waals surface area contributed by atoms with Gasteiger partial charge in [0, 0.05) is 46.9 Å². The predicted molar refractivity (Wildman–Crippen MR) is 127 cm³/mol. The van der Waals surface area contributed by atoms with E-state index in [-0.39, 0.29) is 0 Å². The van der Waals surface area contributed by atoms with Crippen molar-refractivity contribution in [2.24, 2.45) is 0 Å². The van der Waals surface area contributed by atoms with E-state index >= 15 is 0 Å². The molecule has 0 unspecified atom stereocenters. The molecule has 0 bridgehead atoms. The molecule has 1 heterocycles. The SMILES string of the molecule is CN(Cc1ccc(Cl)cc1)Cc1ccccc1CNc1ccnc2cc(Cl)ccc12. The second kappa shape index (κ2) is 9.48. The second-order valence-electron chi connectivity index (χ2n) is 7.44. The van der Waals surface area contributed by atoms with E-state index in [1.54, 1.807) is 0 Å². The third kappa shape index (κ3) is 5.11. The van der Waals surface area contributed by atoms with Gasteiger partial charge >= 0.3 is 0 Å². The molecule has 0 radical (unpaired) electrons. The number of fused-ring (bicyclic) bond motifs is 1. The van der Waals surface area contributed by atoms with Crippen molar-refractivity contribution in [3.8, 4) is 0 Å². The van der Waals surface area contributed by atoms with Crippen LogP contribution in [0.3, 0.4) is 0 Å². The molecule has 4 rings (SSSR count). The number of hydrogen-bond donors (Lipinski definition) is 1. The molecule has 1 aromatic heterocycles. The van der Waals surface area contributed by atoms with Gasteiger partial charge < -0.3 is 5.32 Å². The number of hydrogen-bond acceptors (Lipinski definition) is 3. The van der Waals surface area contributed by atoms with E-state index in [1.807, 2.05) is 42.6 Å². The average molecular weight is 436 g/mol. The maximum atomic E-state index is 6.11. The van der Waals surface area contributed by atoms with Gasteiger partial charge in [0.2, 0.25) is 0 Å². The summed E-state index contributed by atoms with van der Waals surface area (Å²) < 4.78 is 0. The molecule has 30 heavy (non-hydrogen) atoms. The van der Waals surface area contributed by atoms with Crippen LogP contribution in [0, 0.1) is 0 Å². The number of anilines is 1. The summed E-state index contributed by atoms with van der Waals surface area (Å²) in [5, 5.41) is 6.11. The van der Waals surface area contributed by atoms with E-state index in [0.717, 1.165) is 41.2 Å². The molecule has 0 fully saturated rings. The predicted octanol–water partition coefficient (Wildman–Crippen LogP) is 6.79. The summed E-state index contributed by atoms with van der Waals surface area (Å²) >= 11 is 12.1. The van der Waals surface area contributed by atoms with Gasteiger partial charge in [0.15, 0.2) is 0 Å². The summed E-state index contributed by atoms with van der Waals surface area (Å²) in [5.74, 6) is 0. The van der Waals surface area contributed by atoms with E-state index in [4.69, 9.17) is 23.2 Å². The largest absolute Gasteiger partial charge is 0.380 e. The van der Waals surface area contributed by atoms with E-state index < -0.39 is 0 Å². The summed E-state index contributed by atoms with van der Waals surface area (Å²) in [7, 11) is 2.14. The van der Waals surface area contributed by atoms with Crippen molar-refractivity contribution in [2.45, 2.75) is 19.6 Å². The van der Waals surface area contributed by atoms with Crippen molar-refractivity contribution in [1.82, 2.24) is 9.88 Å². The monoisotopic (exact) mass is 435 g/mol. The lowest BCUT2D eigenvalue weighted by Gasteiger charge is -2.20. The molecule has 152 valence electrons. The molecule has 0 saturated carbocycles. The van der Waals surface area contributed by atoms with Gasteiger partial charge in [0.25, 0.3) is 0 Å². The smallest absolute Gasteiger partial charge is 0.0737 e.